The Balaban J connectivity index is 1.46. The lowest BCUT2D eigenvalue weighted by Gasteiger charge is -2.19. The molecule has 0 radical (unpaired) electrons. The molecule has 0 aliphatic rings. The third kappa shape index (κ3) is 7.18. The molecule has 0 atom stereocenters. The molecule has 0 saturated carbocycles. The number of rotatable bonds is 13. The molecule has 0 spiro atoms. The second kappa shape index (κ2) is 14.2. The van der Waals surface area contributed by atoms with Gasteiger partial charge >= 0.3 is 0 Å². The van der Waals surface area contributed by atoms with Crippen molar-refractivity contribution in [3.63, 3.8) is 0 Å². The summed E-state index contributed by atoms with van der Waals surface area (Å²) in [5.74, 6) is 1.13. The highest BCUT2D eigenvalue weighted by Gasteiger charge is 2.24. The van der Waals surface area contributed by atoms with Gasteiger partial charge in [0.15, 0.2) is 6.39 Å². The molecular weight excluding hydrogens is 550 g/mol. The summed E-state index contributed by atoms with van der Waals surface area (Å²) in [5.41, 5.74) is 6.96. The summed E-state index contributed by atoms with van der Waals surface area (Å²) in [5, 5.41) is 6.11. The van der Waals surface area contributed by atoms with Crippen LogP contribution in [-0.4, -0.2) is 17.9 Å². The minimum absolute atomic E-state index is 0.109. The van der Waals surface area contributed by atoms with E-state index in [1.165, 1.54) is 6.39 Å². The van der Waals surface area contributed by atoms with Crippen molar-refractivity contribution in [3.05, 3.63) is 138 Å². The van der Waals surface area contributed by atoms with Gasteiger partial charge in [-0.3, -0.25) is 4.79 Å². The lowest BCUT2D eigenvalue weighted by Crippen LogP contribution is -2.23. The maximum absolute atomic E-state index is 13.4. The highest BCUT2D eigenvalue weighted by molar-refractivity contribution is 5.98. The van der Waals surface area contributed by atoms with Gasteiger partial charge in [-0.25, -0.2) is 4.98 Å². The number of benzene rings is 4. The zero-order valence-electron chi connectivity index (χ0n) is 25.3. The fourth-order valence-electron chi connectivity index (χ4n) is 4.91. The van der Waals surface area contributed by atoms with E-state index in [1.807, 2.05) is 98.0 Å². The summed E-state index contributed by atoms with van der Waals surface area (Å²) in [6.45, 7) is 9.15. The predicted molar refractivity (Wildman–Crippen MR) is 175 cm³/mol. The summed E-state index contributed by atoms with van der Waals surface area (Å²) in [6.07, 6.45) is 3.07. The van der Waals surface area contributed by atoms with Gasteiger partial charge in [0.05, 0.1) is 0 Å². The first kappa shape index (κ1) is 30.2. The van der Waals surface area contributed by atoms with Gasteiger partial charge in [-0.2, -0.15) is 0 Å². The molecule has 0 fully saturated rings. The molecule has 7 heteroatoms. The lowest BCUT2D eigenvalue weighted by atomic mass is 9.96. The quantitative estimate of drug-likeness (QED) is 0.144. The van der Waals surface area contributed by atoms with Crippen molar-refractivity contribution in [2.24, 2.45) is 0 Å². The first-order valence-corrected chi connectivity index (χ1v) is 14.6. The number of hydrogen-bond donors (Lipinski definition) is 2. The SMILES string of the molecule is C=Cc1cc(CNC(=O)c2ocnc2-c2cc(C(C)C)c(OCc3ccccc3)cc2OCc2ccccc2)ccc1NC. The van der Waals surface area contributed by atoms with Crippen molar-refractivity contribution in [1.29, 1.82) is 0 Å². The molecular formula is C37H37N3O4. The molecule has 5 rings (SSSR count). The third-order valence-electron chi connectivity index (χ3n) is 7.30. The van der Waals surface area contributed by atoms with E-state index in [2.05, 4.69) is 36.0 Å². The summed E-state index contributed by atoms with van der Waals surface area (Å²) in [4.78, 5) is 17.9. The predicted octanol–water partition coefficient (Wildman–Crippen LogP) is 8.24. The number of carbonyl (C=O) groups excluding carboxylic acids is 1. The van der Waals surface area contributed by atoms with Crippen molar-refractivity contribution in [1.82, 2.24) is 10.3 Å². The minimum atomic E-state index is -0.375. The van der Waals surface area contributed by atoms with Crippen molar-refractivity contribution in [2.75, 3.05) is 12.4 Å². The van der Waals surface area contributed by atoms with Crippen LogP contribution in [0.3, 0.4) is 0 Å². The Kier molecular flexibility index (Phi) is 9.77. The second-order valence-corrected chi connectivity index (χ2v) is 10.7. The molecule has 1 aromatic heterocycles. The molecule has 5 aromatic rings. The molecule has 0 aliphatic heterocycles. The van der Waals surface area contributed by atoms with Crippen LogP contribution >= 0.6 is 0 Å². The van der Waals surface area contributed by atoms with Crippen LogP contribution in [0.5, 0.6) is 11.5 Å². The molecule has 2 N–H and O–H groups in total. The van der Waals surface area contributed by atoms with E-state index in [9.17, 15) is 4.79 Å². The normalized spacial score (nSPS) is 10.8. The van der Waals surface area contributed by atoms with Gasteiger partial charge in [-0.05, 0) is 51.9 Å². The molecule has 0 bridgehead atoms. The molecule has 7 nitrogen and oxygen atoms in total. The lowest BCUT2D eigenvalue weighted by molar-refractivity contribution is 0.0924. The zero-order chi connectivity index (χ0) is 30.9. The molecule has 1 amide bonds. The summed E-state index contributed by atoms with van der Waals surface area (Å²) in [6, 6.07) is 29.7. The first-order valence-electron chi connectivity index (χ1n) is 14.6. The Morgan fingerprint density at radius 2 is 1.55 bits per heavy atom. The molecule has 1 heterocycles. The molecule has 0 aliphatic carbocycles. The van der Waals surface area contributed by atoms with Gasteiger partial charge in [0, 0.05) is 30.9 Å². The van der Waals surface area contributed by atoms with Crippen LogP contribution in [0.25, 0.3) is 17.3 Å². The number of ether oxygens (including phenoxy) is 2. The number of nitrogens with zero attached hydrogens (tertiary/aromatic N) is 1. The number of oxazole rings is 1. The number of anilines is 1. The topological polar surface area (TPSA) is 85.6 Å². The standard InChI is InChI=1S/C37H37N3O4/c1-5-29-18-28(16-17-32(29)38-4)21-39-37(41)36-35(40-24-44-36)31-19-30(25(2)3)33(42-22-26-12-8-6-9-13-26)20-34(31)43-23-27-14-10-7-11-15-27/h5-20,24-25,38H,1,21-23H2,2-4H3,(H,39,41). The van der Waals surface area contributed by atoms with E-state index >= 15 is 0 Å². The largest absolute Gasteiger partial charge is 0.488 e. The first-order chi connectivity index (χ1) is 21.5. The number of amides is 1. The fourth-order valence-corrected chi connectivity index (χ4v) is 4.91. The van der Waals surface area contributed by atoms with Gasteiger partial charge in [0.25, 0.3) is 5.91 Å². The molecule has 0 unspecified atom stereocenters. The van der Waals surface area contributed by atoms with Crippen LogP contribution in [0.4, 0.5) is 5.69 Å². The van der Waals surface area contributed by atoms with Gasteiger partial charge in [-0.1, -0.05) is 93.2 Å². The van der Waals surface area contributed by atoms with Crippen molar-refractivity contribution in [3.8, 4) is 22.8 Å². The molecule has 4 aromatic carbocycles. The average Bonchev–Trinajstić information content (AvgIpc) is 3.56. The number of carbonyl (C=O) groups is 1. The smallest absolute Gasteiger partial charge is 0.289 e. The summed E-state index contributed by atoms with van der Waals surface area (Å²) in [7, 11) is 1.86. The Bertz CT molecular complexity index is 1710. The van der Waals surface area contributed by atoms with E-state index in [0.717, 1.165) is 33.5 Å². The maximum atomic E-state index is 13.4. The van der Waals surface area contributed by atoms with Gasteiger partial charge < -0.3 is 24.5 Å². The second-order valence-electron chi connectivity index (χ2n) is 10.7. The average molecular weight is 588 g/mol. The molecule has 224 valence electrons. The number of hydrogen-bond acceptors (Lipinski definition) is 6. The zero-order valence-corrected chi connectivity index (χ0v) is 25.3. The summed E-state index contributed by atoms with van der Waals surface area (Å²) < 4.78 is 18.4. The van der Waals surface area contributed by atoms with Crippen LogP contribution in [0, 0.1) is 0 Å². The van der Waals surface area contributed by atoms with Crippen molar-refractivity contribution < 1.29 is 18.7 Å². The Labute approximate surface area is 258 Å². The third-order valence-corrected chi connectivity index (χ3v) is 7.30. The summed E-state index contributed by atoms with van der Waals surface area (Å²) >= 11 is 0. The Morgan fingerprint density at radius 3 is 2.16 bits per heavy atom. The van der Waals surface area contributed by atoms with Gasteiger partial charge in [0.2, 0.25) is 5.76 Å². The highest BCUT2D eigenvalue weighted by atomic mass is 16.5. The fraction of sp³-hybridized carbons (Fsp3) is 0.189. The van der Waals surface area contributed by atoms with Crippen LogP contribution in [-0.2, 0) is 19.8 Å². The van der Waals surface area contributed by atoms with E-state index < -0.39 is 0 Å². The molecule has 0 saturated heterocycles. The van der Waals surface area contributed by atoms with Crippen LogP contribution in [0.15, 0.2) is 108 Å². The number of aromatic nitrogens is 1. The van der Waals surface area contributed by atoms with E-state index in [4.69, 9.17) is 13.9 Å². The van der Waals surface area contributed by atoms with Crippen molar-refractivity contribution in [2.45, 2.75) is 39.5 Å². The van der Waals surface area contributed by atoms with Gasteiger partial charge in [0.1, 0.15) is 30.4 Å². The Morgan fingerprint density at radius 1 is 0.886 bits per heavy atom. The minimum Gasteiger partial charge on any atom is -0.488 e. The van der Waals surface area contributed by atoms with E-state index in [0.29, 0.717) is 42.5 Å². The highest BCUT2D eigenvalue weighted by Crippen LogP contribution is 2.40. The van der Waals surface area contributed by atoms with E-state index in [1.54, 1.807) is 6.08 Å². The van der Waals surface area contributed by atoms with Crippen LogP contribution in [0.1, 0.15) is 58.1 Å². The monoisotopic (exact) mass is 587 g/mol. The van der Waals surface area contributed by atoms with Crippen LogP contribution in [0.2, 0.25) is 0 Å². The van der Waals surface area contributed by atoms with Crippen LogP contribution < -0.4 is 20.1 Å². The van der Waals surface area contributed by atoms with Gasteiger partial charge in [-0.15, -0.1) is 0 Å². The van der Waals surface area contributed by atoms with E-state index in [-0.39, 0.29) is 17.6 Å². The van der Waals surface area contributed by atoms with Crippen molar-refractivity contribution >= 4 is 17.7 Å². The molecule has 44 heavy (non-hydrogen) atoms. The maximum Gasteiger partial charge on any atom is 0.289 e. The number of nitrogens with one attached hydrogen (secondary N) is 2. The Hall–Kier alpha value is -5.30.